The summed E-state index contributed by atoms with van der Waals surface area (Å²) < 4.78 is 28.0. The van der Waals surface area contributed by atoms with Crippen LogP contribution < -0.4 is 4.72 Å². The third-order valence-electron chi connectivity index (χ3n) is 5.45. The highest BCUT2D eigenvalue weighted by Gasteiger charge is 2.26. The topological polar surface area (TPSA) is 66.5 Å². The second kappa shape index (κ2) is 7.87. The molecule has 1 aromatic carbocycles. The van der Waals surface area contributed by atoms with Crippen LogP contribution in [0.4, 0.5) is 0 Å². The molecule has 1 aliphatic carbocycles. The first-order valence-corrected chi connectivity index (χ1v) is 10.9. The Kier molecular flexibility index (Phi) is 5.79. The van der Waals surface area contributed by atoms with Crippen LogP contribution in [0.3, 0.4) is 0 Å². The number of nitrogens with zero attached hydrogens (tertiary/aromatic N) is 1. The first kappa shape index (κ1) is 18.4. The number of carbonyl (C=O) groups excluding carboxylic acids is 1. The molecule has 0 bridgehead atoms. The summed E-state index contributed by atoms with van der Waals surface area (Å²) in [5, 5.41) is 0. The zero-order valence-electron chi connectivity index (χ0n) is 14.9. The highest BCUT2D eigenvalue weighted by Crippen LogP contribution is 2.23. The minimum absolute atomic E-state index is 0.0248. The van der Waals surface area contributed by atoms with E-state index in [0.29, 0.717) is 11.5 Å². The van der Waals surface area contributed by atoms with Crippen molar-refractivity contribution in [3.8, 4) is 0 Å². The fraction of sp³-hybridized carbons (Fsp3) is 0.632. The molecule has 0 unspecified atom stereocenters. The average Bonchev–Trinajstić information content (AvgIpc) is 3.13. The number of nitrogens with one attached hydrogen (secondary N) is 1. The maximum Gasteiger partial charge on any atom is 0.253 e. The first-order chi connectivity index (χ1) is 12.0. The minimum Gasteiger partial charge on any atom is -0.338 e. The number of hydrogen-bond acceptors (Lipinski definition) is 3. The Balaban J connectivity index is 1.75. The predicted octanol–water partition coefficient (Wildman–Crippen LogP) is 3.17. The normalized spacial score (nSPS) is 22.3. The molecule has 2 aliphatic rings. The molecule has 1 atom stereocenters. The van der Waals surface area contributed by atoms with E-state index < -0.39 is 10.0 Å². The van der Waals surface area contributed by atoms with E-state index in [9.17, 15) is 13.2 Å². The van der Waals surface area contributed by atoms with Gasteiger partial charge in [-0.25, -0.2) is 13.1 Å². The maximum absolute atomic E-state index is 12.8. The van der Waals surface area contributed by atoms with Crippen molar-refractivity contribution in [1.29, 1.82) is 0 Å². The van der Waals surface area contributed by atoms with Gasteiger partial charge >= 0.3 is 0 Å². The van der Waals surface area contributed by atoms with Crippen molar-refractivity contribution in [3.63, 3.8) is 0 Å². The Morgan fingerprint density at radius 2 is 1.96 bits per heavy atom. The molecule has 1 heterocycles. The van der Waals surface area contributed by atoms with Crippen LogP contribution in [0.2, 0.25) is 0 Å². The first-order valence-electron chi connectivity index (χ1n) is 9.41. The van der Waals surface area contributed by atoms with Gasteiger partial charge < -0.3 is 4.90 Å². The van der Waals surface area contributed by atoms with E-state index in [1.807, 2.05) is 4.90 Å². The van der Waals surface area contributed by atoms with Crippen molar-refractivity contribution in [2.45, 2.75) is 62.8 Å². The van der Waals surface area contributed by atoms with Gasteiger partial charge in [-0.15, -0.1) is 0 Å². The summed E-state index contributed by atoms with van der Waals surface area (Å²) in [7, 11) is -3.57. The molecule has 1 saturated heterocycles. The fourth-order valence-corrected chi connectivity index (χ4v) is 5.24. The summed E-state index contributed by atoms with van der Waals surface area (Å²) in [4.78, 5) is 14.9. The number of sulfonamides is 1. The predicted molar refractivity (Wildman–Crippen MR) is 97.9 cm³/mol. The van der Waals surface area contributed by atoms with Gasteiger partial charge in [0.15, 0.2) is 0 Å². The minimum atomic E-state index is -3.57. The van der Waals surface area contributed by atoms with Crippen LogP contribution >= 0.6 is 0 Å². The third kappa shape index (κ3) is 4.42. The van der Waals surface area contributed by atoms with Crippen molar-refractivity contribution in [2.24, 2.45) is 5.92 Å². The van der Waals surface area contributed by atoms with Crippen molar-refractivity contribution < 1.29 is 13.2 Å². The average molecular weight is 365 g/mol. The molecule has 0 aromatic heterocycles. The van der Waals surface area contributed by atoms with Crippen LogP contribution in [0, 0.1) is 5.92 Å². The molecule has 1 aliphatic heterocycles. The Bertz CT molecular complexity index is 711. The number of carbonyl (C=O) groups is 1. The Morgan fingerprint density at radius 3 is 2.68 bits per heavy atom. The van der Waals surface area contributed by atoms with Crippen LogP contribution in [0.1, 0.15) is 62.2 Å². The second-order valence-corrected chi connectivity index (χ2v) is 9.01. The van der Waals surface area contributed by atoms with Crippen LogP contribution in [-0.2, 0) is 10.0 Å². The highest BCUT2D eigenvalue weighted by molar-refractivity contribution is 7.89. The maximum atomic E-state index is 12.8. The van der Waals surface area contributed by atoms with Gasteiger partial charge in [-0.05, 0) is 49.8 Å². The number of amides is 1. The van der Waals surface area contributed by atoms with E-state index in [2.05, 4.69) is 11.6 Å². The van der Waals surface area contributed by atoms with Gasteiger partial charge in [0.25, 0.3) is 5.91 Å². The van der Waals surface area contributed by atoms with Crippen molar-refractivity contribution in [1.82, 2.24) is 9.62 Å². The molecule has 25 heavy (non-hydrogen) atoms. The Morgan fingerprint density at radius 1 is 1.20 bits per heavy atom. The largest absolute Gasteiger partial charge is 0.338 e. The van der Waals surface area contributed by atoms with Crippen LogP contribution in [0.15, 0.2) is 29.2 Å². The molecule has 1 saturated carbocycles. The fourth-order valence-electron chi connectivity index (χ4n) is 3.89. The second-order valence-electron chi connectivity index (χ2n) is 7.30. The molecule has 5 nitrogen and oxygen atoms in total. The van der Waals surface area contributed by atoms with E-state index >= 15 is 0 Å². The van der Waals surface area contributed by atoms with Gasteiger partial charge in [0.1, 0.15) is 0 Å². The van der Waals surface area contributed by atoms with E-state index in [1.165, 1.54) is 12.5 Å². The van der Waals surface area contributed by atoms with Crippen LogP contribution in [0.25, 0.3) is 0 Å². The SMILES string of the molecule is CC[C@H]1CCCN(C(=O)c2cccc(S(=O)(=O)NC3CCCC3)c2)C1. The van der Waals surface area contributed by atoms with Gasteiger partial charge in [0.2, 0.25) is 10.0 Å². The molecule has 138 valence electrons. The molecule has 6 heteroatoms. The Hall–Kier alpha value is -1.40. The van der Waals surface area contributed by atoms with Crippen LogP contribution in [-0.4, -0.2) is 38.4 Å². The summed E-state index contributed by atoms with van der Waals surface area (Å²) >= 11 is 0. The van der Waals surface area contributed by atoms with Crippen molar-refractivity contribution in [3.05, 3.63) is 29.8 Å². The molecule has 0 spiro atoms. The molecule has 2 fully saturated rings. The molecule has 1 amide bonds. The highest BCUT2D eigenvalue weighted by atomic mass is 32.2. The molecule has 1 N–H and O–H groups in total. The lowest BCUT2D eigenvalue weighted by Gasteiger charge is -2.32. The lowest BCUT2D eigenvalue weighted by atomic mass is 9.95. The van der Waals surface area contributed by atoms with Gasteiger partial charge in [0.05, 0.1) is 4.90 Å². The lowest BCUT2D eigenvalue weighted by molar-refractivity contribution is 0.0671. The Labute approximate surface area is 150 Å². The number of piperidine rings is 1. The van der Waals surface area contributed by atoms with Gasteiger partial charge in [0, 0.05) is 24.7 Å². The lowest BCUT2D eigenvalue weighted by Crippen LogP contribution is -2.39. The van der Waals surface area contributed by atoms with Gasteiger partial charge in [-0.3, -0.25) is 4.79 Å². The number of likely N-dealkylation sites (tertiary alicyclic amines) is 1. The molecule has 3 rings (SSSR count). The number of hydrogen-bond donors (Lipinski definition) is 1. The van der Waals surface area contributed by atoms with E-state index in [-0.39, 0.29) is 16.8 Å². The van der Waals surface area contributed by atoms with E-state index in [1.54, 1.807) is 18.2 Å². The summed E-state index contributed by atoms with van der Waals surface area (Å²) in [6, 6.07) is 6.50. The van der Waals surface area contributed by atoms with Gasteiger partial charge in [-0.2, -0.15) is 0 Å². The smallest absolute Gasteiger partial charge is 0.253 e. The van der Waals surface area contributed by atoms with E-state index in [0.717, 1.165) is 51.6 Å². The van der Waals surface area contributed by atoms with Crippen molar-refractivity contribution >= 4 is 15.9 Å². The van der Waals surface area contributed by atoms with Crippen molar-refractivity contribution in [2.75, 3.05) is 13.1 Å². The molecule has 0 radical (unpaired) electrons. The van der Waals surface area contributed by atoms with Gasteiger partial charge in [-0.1, -0.05) is 32.3 Å². The molecule has 1 aromatic rings. The summed E-state index contributed by atoms with van der Waals surface area (Å²) in [5.41, 5.74) is 0.464. The number of rotatable bonds is 5. The van der Waals surface area contributed by atoms with Crippen LogP contribution in [0.5, 0.6) is 0 Å². The zero-order valence-corrected chi connectivity index (χ0v) is 15.7. The van der Waals surface area contributed by atoms with E-state index in [4.69, 9.17) is 0 Å². The quantitative estimate of drug-likeness (QED) is 0.873. The monoisotopic (exact) mass is 364 g/mol. The summed E-state index contributed by atoms with van der Waals surface area (Å²) in [6.45, 7) is 3.68. The molecular formula is C19H28N2O3S. The zero-order chi connectivity index (χ0) is 17.9. The summed E-state index contributed by atoms with van der Waals surface area (Å²) in [6.07, 6.45) is 7.18. The third-order valence-corrected chi connectivity index (χ3v) is 6.97. The number of benzene rings is 1. The summed E-state index contributed by atoms with van der Waals surface area (Å²) in [5.74, 6) is 0.490. The molecular weight excluding hydrogens is 336 g/mol. The standard InChI is InChI=1S/C19H28N2O3S/c1-2-15-7-6-12-21(14-15)19(22)16-8-5-11-18(13-16)25(23,24)20-17-9-3-4-10-17/h5,8,11,13,15,17,20H,2-4,6-7,9-10,12,14H2,1H3/t15-/m0/s1.